The lowest BCUT2D eigenvalue weighted by molar-refractivity contribution is -0.597. The van der Waals surface area contributed by atoms with Crippen LogP contribution in [-0.4, -0.2) is 7.11 Å². The third-order valence-corrected chi connectivity index (χ3v) is 5.11. The summed E-state index contributed by atoms with van der Waals surface area (Å²) in [7, 11) is 1.67. The number of hydrogen-bond acceptors (Lipinski definition) is 2. The van der Waals surface area contributed by atoms with Crippen molar-refractivity contribution in [3.63, 3.8) is 0 Å². The second kappa shape index (κ2) is 7.01. The van der Waals surface area contributed by atoms with Crippen molar-refractivity contribution in [2.24, 2.45) is 5.11 Å². The highest BCUT2D eigenvalue weighted by Crippen LogP contribution is 2.06. The summed E-state index contributed by atoms with van der Waals surface area (Å²) in [6, 6.07) is 16.4. The molecule has 0 aliphatic carbocycles. The molecule has 0 radical (unpaired) electrons. The van der Waals surface area contributed by atoms with Crippen molar-refractivity contribution in [1.82, 2.24) is 0 Å². The Labute approximate surface area is 122 Å². The molecule has 2 aromatic rings. The van der Waals surface area contributed by atoms with Crippen LogP contribution in [0.15, 0.2) is 53.6 Å². The van der Waals surface area contributed by atoms with E-state index in [1.165, 1.54) is 7.14 Å². The van der Waals surface area contributed by atoms with Gasteiger partial charge in [0, 0.05) is 4.91 Å². The Bertz CT molecular complexity index is 592. The van der Waals surface area contributed by atoms with Crippen LogP contribution in [0.3, 0.4) is 0 Å². The maximum absolute atomic E-state index is 8.33. The molecule has 96 valence electrons. The highest BCUT2D eigenvalue weighted by molar-refractivity contribution is 5.20. The molecule has 0 saturated carbocycles. The van der Waals surface area contributed by atoms with Crippen LogP contribution < -0.4 is 25.9 Å². The fourth-order valence-corrected chi connectivity index (χ4v) is 3.95. The minimum absolute atomic E-state index is 0.212. The molecule has 0 aromatic heterocycles. The normalized spacial score (nSPS) is 9.74. The van der Waals surface area contributed by atoms with Gasteiger partial charge in [-0.15, -0.1) is 0 Å². The summed E-state index contributed by atoms with van der Waals surface area (Å²) >= 11 is -0.212. The molecule has 2 rings (SSSR count). The van der Waals surface area contributed by atoms with E-state index in [1.807, 2.05) is 24.3 Å². The fourth-order valence-electron chi connectivity index (χ4n) is 1.57. The van der Waals surface area contributed by atoms with Gasteiger partial charge in [-0.25, -0.2) is 0 Å². The summed E-state index contributed by atoms with van der Waals surface area (Å²) in [4.78, 5) is 2.78. The highest BCUT2D eigenvalue weighted by atomic mass is 127. The summed E-state index contributed by atoms with van der Waals surface area (Å²) in [6.07, 6.45) is 0. The topological polar surface area (TPSA) is 58.0 Å². The lowest BCUT2D eigenvalue weighted by atomic mass is 10.2. The Morgan fingerprint density at radius 3 is 2.63 bits per heavy atom. The maximum Gasteiger partial charge on any atom is 0.357 e. The lowest BCUT2D eigenvalue weighted by Crippen LogP contribution is -3.61. The lowest BCUT2D eigenvalue weighted by Gasteiger charge is -1.96. The van der Waals surface area contributed by atoms with E-state index in [2.05, 4.69) is 34.3 Å². The SMILES string of the molecule is COc1ccc([I+]c2cccc(CN=[N+]=[N-])c2)cc1. The summed E-state index contributed by atoms with van der Waals surface area (Å²) < 4.78 is 7.80. The quantitative estimate of drug-likeness (QED) is 0.332. The highest BCUT2D eigenvalue weighted by Gasteiger charge is 2.15. The number of benzene rings is 2. The number of ether oxygens (including phenoxy) is 1. The van der Waals surface area contributed by atoms with Gasteiger partial charge in [0.1, 0.15) is 5.75 Å². The van der Waals surface area contributed by atoms with E-state index < -0.39 is 0 Å². The van der Waals surface area contributed by atoms with Crippen LogP contribution in [0.2, 0.25) is 0 Å². The van der Waals surface area contributed by atoms with Gasteiger partial charge < -0.3 is 4.74 Å². The molecule has 0 amide bonds. The molecule has 19 heavy (non-hydrogen) atoms. The molecule has 0 unspecified atom stereocenters. The second-order valence-electron chi connectivity index (χ2n) is 3.77. The molecule has 0 fully saturated rings. The number of rotatable bonds is 5. The van der Waals surface area contributed by atoms with E-state index in [4.69, 9.17) is 10.3 Å². The predicted octanol–water partition coefficient (Wildman–Crippen LogP) is 0.634. The number of hydrogen-bond donors (Lipinski definition) is 0. The van der Waals surface area contributed by atoms with Gasteiger partial charge >= 0.3 is 21.2 Å². The minimum atomic E-state index is -0.212. The van der Waals surface area contributed by atoms with E-state index in [0.29, 0.717) is 6.54 Å². The molecule has 0 spiro atoms. The Morgan fingerprint density at radius 1 is 1.16 bits per heavy atom. The zero-order chi connectivity index (χ0) is 13.5. The van der Waals surface area contributed by atoms with Gasteiger partial charge in [-0.2, -0.15) is 0 Å². The molecule has 0 N–H and O–H groups in total. The molecule has 4 nitrogen and oxygen atoms in total. The largest absolute Gasteiger partial charge is 0.497 e. The summed E-state index contributed by atoms with van der Waals surface area (Å²) in [5.41, 5.74) is 9.39. The van der Waals surface area contributed by atoms with Gasteiger partial charge in [0.05, 0.1) is 13.7 Å². The van der Waals surface area contributed by atoms with E-state index in [0.717, 1.165) is 11.3 Å². The average Bonchev–Trinajstić information content (AvgIpc) is 2.46. The fraction of sp³-hybridized carbons (Fsp3) is 0.143. The summed E-state index contributed by atoms with van der Waals surface area (Å²) in [5, 5.41) is 3.59. The molecule has 0 atom stereocenters. The van der Waals surface area contributed by atoms with E-state index in [-0.39, 0.29) is 21.2 Å². The standard InChI is InChI=1S/C14H13IN3O/c1-19-14-7-5-12(6-8-14)15-13-4-2-3-11(9-13)10-17-18-16/h2-9H,10H2,1H3/q+1. The van der Waals surface area contributed by atoms with Crippen LogP contribution in [0.5, 0.6) is 5.75 Å². The first-order valence-corrected chi connectivity index (χ1v) is 7.86. The van der Waals surface area contributed by atoms with Crippen LogP contribution in [0.25, 0.3) is 10.4 Å². The van der Waals surface area contributed by atoms with Crippen LogP contribution in [0, 0.1) is 7.14 Å². The zero-order valence-corrected chi connectivity index (χ0v) is 12.6. The van der Waals surface area contributed by atoms with Crippen molar-refractivity contribution in [3.05, 3.63) is 71.7 Å². The molecule has 0 saturated heterocycles. The van der Waals surface area contributed by atoms with Crippen LogP contribution in [0.1, 0.15) is 5.56 Å². The van der Waals surface area contributed by atoms with E-state index in [1.54, 1.807) is 7.11 Å². The third-order valence-electron chi connectivity index (χ3n) is 2.47. The summed E-state index contributed by atoms with van der Waals surface area (Å²) in [5.74, 6) is 0.880. The molecular formula is C14H13IN3O+. The zero-order valence-electron chi connectivity index (χ0n) is 10.5. The van der Waals surface area contributed by atoms with Gasteiger partial charge in [-0.3, -0.25) is 0 Å². The Morgan fingerprint density at radius 2 is 1.95 bits per heavy atom. The van der Waals surface area contributed by atoms with Gasteiger partial charge in [0.25, 0.3) is 0 Å². The van der Waals surface area contributed by atoms with E-state index in [9.17, 15) is 0 Å². The van der Waals surface area contributed by atoms with Crippen molar-refractivity contribution < 1.29 is 25.9 Å². The molecule has 5 heteroatoms. The van der Waals surface area contributed by atoms with Gasteiger partial charge in [0.15, 0.2) is 7.14 Å². The Kier molecular flexibility index (Phi) is 5.06. The molecule has 0 bridgehead atoms. The van der Waals surface area contributed by atoms with Crippen molar-refractivity contribution in [3.8, 4) is 5.75 Å². The van der Waals surface area contributed by atoms with Crippen LogP contribution >= 0.6 is 0 Å². The van der Waals surface area contributed by atoms with Gasteiger partial charge in [-0.05, 0) is 47.5 Å². The molecule has 0 heterocycles. The third kappa shape index (κ3) is 4.15. The van der Waals surface area contributed by atoms with Crippen molar-refractivity contribution in [1.29, 1.82) is 0 Å². The van der Waals surface area contributed by atoms with Crippen LogP contribution in [-0.2, 0) is 6.54 Å². The van der Waals surface area contributed by atoms with Gasteiger partial charge in [0.2, 0.25) is 0 Å². The van der Waals surface area contributed by atoms with Crippen molar-refractivity contribution >= 4 is 0 Å². The van der Waals surface area contributed by atoms with Gasteiger partial charge in [-0.1, -0.05) is 17.2 Å². The molecule has 2 aromatic carbocycles. The predicted molar refractivity (Wildman–Crippen MR) is 69.7 cm³/mol. The van der Waals surface area contributed by atoms with Crippen molar-refractivity contribution in [2.75, 3.05) is 7.11 Å². The first kappa shape index (κ1) is 13.7. The number of halogens is 1. The summed E-state index contributed by atoms with van der Waals surface area (Å²) in [6.45, 7) is 0.413. The second-order valence-corrected chi connectivity index (χ2v) is 6.80. The smallest absolute Gasteiger partial charge is 0.357 e. The molecular weight excluding hydrogens is 353 g/mol. The Balaban J connectivity index is 2.11. The monoisotopic (exact) mass is 366 g/mol. The Hall–Kier alpha value is -1.72. The maximum atomic E-state index is 8.33. The van der Waals surface area contributed by atoms with Crippen LogP contribution in [0.4, 0.5) is 0 Å². The number of methoxy groups -OCH3 is 1. The number of azide groups is 1. The molecule has 0 aliphatic rings. The molecule has 0 aliphatic heterocycles. The van der Waals surface area contributed by atoms with E-state index >= 15 is 0 Å². The first-order chi connectivity index (χ1) is 9.31. The number of nitrogens with zero attached hydrogens (tertiary/aromatic N) is 3. The first-order valence-electron chi connectivity index (χ1n) is 5.70. The minimum Gasteiger partial charge on any atom is -0.497 e. The van der Waals surface area contributed by atoms with Crippen molar-refractivity contribution in [2.45, 2.75) is 6.54 Å². The average molecular weight is 366 g/mol.